The number of aryl methyl sites for hydroxylation is 2. The zero-order valence-electron chi connectivity index (χ0n) is 27.2. The fourth-order valence-electron chi connectivity index (χ4n) is 7.69. The van der Waals surface area contributed by atoms with E-state index in [4.69, 9.17) is 14.7 Å². The lowest BCUT2D eigenvalue weighted by Gasteiger charge is -2.18. The molecule has 9 nitrogen and oxygen atoms in total. The number of Topliss-reactive ketones (excluding diaryl/α,β-unsaturated/α-hetero) is 3. The highest BCUT2D eigenvalue weighted by atomic mass is 16.5. The maximum Gasteiger partial charge on any atom is 0.321 e. The Hall–Kier alpha value is -4.40. The van der Waals surface area contributed by atoms with Crippen LogP contribution in [0.3, 0.4) is 0 Å². The SMILES string of the molecule is CC[C@H]1c2cc3[nH]c4c(c3C)C(=O)[C@H](C(=O)OC)c4c3nc(cc4[nH]c(cc(n2)[C@@H]1C)c(C(C)=O)c4C)[C@@H](C)[C@@H]3CCC(C)=O. The molecule has 3 aliphatic rings. The number of fused-ring (bicyclic) bond motifs is 8. The molecule has 5 atom stereocenters. The molecule has 0 aromatic carbocycles. The number of carbonyl (C=O) groups excluding carboxylic acids is 4. The van der Waals surface area contributed by atoms with Gasteiger partial charge in [-0.3, -0.25) is 24.4 Å². The van der Waals surface area contributed by atoms with Crippen LogP contribution < -0.4 is 0 Å². The largest absolute Gasteiger partial charge is 0.468 e. The van der Waals surface area contributed by atoms with Gasteiger partial charge in [0.2, 0.25) is 0 Å². The van der Waals surface area contributed by atoms with Crippen LogP contribution in [0.15, 0.2) is 18.2 Å². The maximum absolute atomic E-state index is 14.1. The van der Waals surface area contributed by atoms with Gasteiger partial charge in [-0.25, -0.2) is 0 Å². The maximum atomic E-state index is 14.1. The van der Waals surface area contributed by atoms with Gasteiger partial charge >= 0.3 is 5.97 Å². The van der Waals surface area contributed by atoms with E-state index in [2.05, 4.69) is 30.7 Å². The monoisotopic (exact) mass is 608 g/mol. The van der Waals surface area contributed by atoms with Crippen LogP contribution in [0.2, 0.25) is 0 Å². The summed E-state index contributed by atoms with van der Waals surface area (Å²) in [7, 11) is 1.29. The molecule has 3 aromatic heterocycles. The number of aromatic amines is 2. The Labute approximate surface area is 262 Å². The van der Waals surface area contributed by atoms with E-state index in [1.807, 2.05) is 32.0 Å². The van der Waals surface area contributed by atoms with E-state index < -0.39 is 11.9 Å². The Kier molecular flexibility index (Phi) is 7.62. The van der Waals surface area contributed by atoms with Crippen LogP contribution in [0.25, 0.3) is 22.1 Å². The quantitative estimate of drug-likeness (QED) is 0.172. The Bertz CT molecular complexity index is 1970. The van der Waals surface area contributed by atoms with Crippen molar-refractivity contribution in [1.29, 1.82) is 0 Å². The predicted octanol–water partition coefficient (Wildman–Crippen LogP) is 7.14. The first kappa shape index (κ1) is 30.6. The van der Waals surface area contributed by atoms with Crippen LogP contribution in [0.4, 0.5) is 0 Å². The number of ketones is 3. The van der Waals surface area contributed by atoms with E-state index >= 15 is 0 Å². The minimum atomic E-state index is -1.15. The van der Waals surface area contributed by atoms with Crippen LogP contribution >= 0.6 is 0 Å². The zero-order chi connectivity index (χ0) is 32.5. The third kappa shape index (κ3) is 4.75. The van der Waals surface area contributed by atoms with E-state index in [1.54, 1.807) is 13.8 Å². The van der Waals surface area contributed by atoms with E-state index in [0.717, 1.165) is 45.7 Å². The molecule has 5 heterocycles. The number of hydrogen-bond donors (Lipinski definition) is 2. The summed E-state index contributed by atoms with van der Waals surface area (Å²) in [5, 5.41) is 0. The van der Waals surface area contributed by atoms with Crippen molar-refractivity contribution >= 4 is 45.4 Å². The standard InChI is InChI=1S/C36H40N4O5/c1-9-21-16(3)23-14-28-29(20(7)42)18(5)25(38-28)12-24-17(4)22(11-10-15(2)41)33(39-24)31-32(36(44)45-8)35(43)30-19(6)26(40-34(30)31)13-27(21)37-23/h12-14,16-17,21-22,32,38,40H,9-11H2,1-8H3/t16-,17+,21-,22+,32-/m1/s1. The Morgan fingerprint density at radius 3 is 2.13 bits per heavy atom. The van der Waals surface area contributed by atoms with Gasteiger partial charge in [0.05, 0.1) is 23.8 Å². The van der Waals surface area contributed by atoms with Crippen molar-refractivity contribution < 1.29 is 23.9 Å². The first-order valence-electron chi connectivity index (χ1n) is 15.8. The van der Waals surface area contributed by atoms with E-state index in [1.165, 1.54) is 7.11 Å². The normalized spacial score (nSPS) is 22.1. The molecule has 0 spiro atoms. The number of hydrogen-bond acceptors (Lipinski definition) is 7. The van der Waals surface area contributed by atoms with E-state index in [0.29, 0.717) is 46.3 Å². The van der Waals surface area contributed by atoms with E-state index in [-0.39, 0.29) is 41.0 Å². The number of nitrogens with one attached hydrogen (secondary N) is 2. The molecular formula is C36H40N4O5. The molecule has 234 valence electrons. The summed E-state index contributed by atoms with van der Waals surface area (Å²) < 4.78 is 5.17. The van der Waals surface area contributed by atoms with Crippen LogP contribution in [0.5, 0.6) is 0 Å². The van der Waals surface area contributed by atoms with Gasteiger partial charge in [-0.15, -0.1) is 0 Å². The van der Waals surface area contributed by atoms with Crippen molar-refractivity contribution in [3.63, 3.8) is 0 Å². The topological polar surface area (TPSA) is 135 Å². The van der Waals surface area contributed by atoms with Crippen molar-refractivity contribution in [3.8, 4) is 0 Å². The van der Waals surface area contributed by atoms with Crippen molar-refractivity contribution in [2.24, 2.45) is 0 Å². The fourth-order valence-corrected chi connectivity index (χ4v) is 7.69. The van der Waals surface area contributed by atoms with Crippen LogP contribution in [-0.2, 0) is 14.3 Å². The first-order chi connectivity index (χ1) is 21.4. The molecule has 0 radical (unpaired) electrons. The van der Waals surface area contributed by atoms with Crippen LogP contribution in [0, 0.1) is 13.8 Å². The van der Waals surface area contributed by atoms with Gasteiger partial charge in [0.1, 0.15) is 11.7 Å². The molecule has 0 fully saturated rings. The Morgan fingerprint density at radius 2 is 1.49 bits per heavy atom. The second-order valence-corrected chi connectivity index (χ2v) is 12.9. The van der Waals surface area contributed by atoms with E-state index in [9.17, 15) is 19.2 Å². The summed E-state index contributed by atoms with van der Waals surface area (Å²) in [6.45, 7) is 13.3. The molecule has 0 unspecified atom stereocenters. The van der Waals surface area contributed by atoms with Crippen molar-refractivity contribution in [1.82, 2.24) is 19.9 Å². The summed E-state index contributed by atoms with van der Waals surface area (Å²) in [4.78, 5) is 69.6. The number of ether oxygens (including phenoxy) is 1. The van der Waals surface area contributed by atoms with Gasteiger partial charge in [0.15, 0.2) is 11.6 Å². The second kappa shape index (κ2) is 11.2. The molecule has 1 aliphatic carbocycles. The molecular weight excluding hydrogens is 568 g/mol. The first-order valence-corrected chi connectivity index (χ1v) is 15.8. The molecule has 2 N–H and O–H groups in total. The summed E-state index contributed by atoms with van der Waals surface area (Å²) >= 11 is 0. The second-order valence-electron chi connectivity index (χ2n) is 12.9. The smallest absolute Gasteiger partial charge is 0.321 e. The number of methoxy groups -OCH3 is 1. The zero-order valence-corrected chi connectivity index (χ0v) is 27.2. The highest BCUT2D eigenvalue weighted by Gasteiger charge is 2.45. The minimum absolute atomic E-state index is 0.0441. The summed E-state index contributed by atoms with van der Waals surface area (Å²) in [5.41, 5.74) is 9.14. The summed E-state index contributed by atoms with van der Waals surface area (Å²) in [6.07, 6.45) is 1.71. The molecule has 6 rings (SSSR count). The number of nitrogens with zero attached hydrogens (tertiary/aromatic N) is 2. The number of rotatable bonds is 6. The molecule has 3 aromatic rings. The summed E-state index contributed by atoms with van der Waals surface area (Å²) in [6, 6.07) is 5.96. The number of H-pyrrole nitrogens is 2. The summed E-state index contributed by atoms with van der Waals surface area (Å²) in [5.74, 6) is -2.19. The van der Waals surface area contributed by atoms with Crippen molar-refractivity contribution in [2.75, 3.05) is 7.11 Å². The Morgan fingerprint density at radius 1 is 0.867 bits per heavy atom. The molecule has 45 heavy (non-hydrogen) atoms. The molecule has 2 aliphatic heterocycles. The minimum Gasteiger partial charge on any atom is -0.468 e. The lowest BCUT2D eigenvalue weighted by molar-refractivity contribution is -0.141. The predicted molar refractivity (Wildman–Crippen MR) is 172 cm³/mol. The third-order valence-electron chi connectivity index (χ3n) is 10.2. The molecule has 0 saturated heterocycles. The molecule has 0 saturated carbocycles. The average Bonchev–Trinajstić information content (AvgIpc) is 3.72. The number of esters is 1. The van der Waals surface area contributed by atoms with Crippen molar-refractivity contribution in [3.05, 3.63) is 68.8 Å². The molecule has 0 amide bonds. The van der Waals surface area contributed by atoms with Gasteiger partial charge in [0.25, 0.3) is 0 Å². The van der Waals surface area contributed by atoms with Gasteiger partial charge in [-0.2, -0.15) is 0 Å². The fraction of sp³-hybridized carbons (Fsp3) is 0.444. The lowest BCUT2D eigenvalue weighted by atomic mass is 9.83. The highest BCUT2D eigenvalue weighted by molar-refractivity contribution is 6.23. The number of aromatic nitrogens is 4. The highest BCUT2D eigenvalue weighted by Crippen LogP contribution is 2.48. The van der Waals surface area contributed by atoms with Gasteiger partial charge in [-0.05, 0) is 69.9 Å². The lowest BCUT2D eigenvalue weighted by Crippen LogP contribution is -2.21. The van der Waals surface area contributed by atoms with Crippen LogP contribution in [-0.4, -0.2) is 50.4 Å². The van der Waals surface area contributed by atoms with Crippen molar-refractivity contribution in [2.45, 2.75) is 97.3 Å². The van der Waals surface area contributed by atoms with Gasteiger partial charge in [-0.1, -0.05) is 20.8 Å². The molecule has 9 heteroatoms. The average molecular weight is 609 g/mol. The van der Waals surface area contributed by atoms with Crippen LogP contribution in [0.1, 0.15) is 144 Å². The Balaban J connectivity index is 1.81. The van der Waals surface area contributed by atoms with Gasteiger partial charge in [0, 0.05) is 74.9 Å². The van der Waals surface area contributed by atoms with Gasteiger partial charge < -0.3 is 19.5 Å². The third-order valence-corrected chi connectivity index (χ3v) is 10.2. The molecule has 8 bridgehead atoms. The number of carbonyl (C=O) groups is 4.